The van der Waals surface area contributed by atoms with E-state index in [0.29, 0.717) is 22.7 Å². The van der Waals surface area contributed by atoms with Gasteiger partial charge in [0, 0.05) is 5.69 Å². The highest BCUT2D eigenvalue weighted by molar-refractivity contribution is 6.02. The van der Waals surface area contributed by atoms with Gasteiger partial charge in [-0.25, -0.2) is 10.1 Å². The molecule has 1 amide bonds. The van der Waals surface area contributed by atoms with Crippen LogP contribution in [0.15, 0.2) is 58.4 Å². The number of amides is 1. The number of hydrazone groups is 1. The van der Waals surface area contributed by atoms with Crippen LogP contribution in [0, 0.1) is 6.92 Å². The van der Waals surface area contributed by atoms with Crippen molar-refractivity contribution in [2.45, 2.75) is 40.0 Å². The summed E-state index contributed by atoms with van der Waals surface area (Å²) < 4.78 is 1.46. The highest BCUT2D eigenvalue weighted by Gasteiger charge is 2.18. The minimum Gasteiger partial charge on any atom is -0.507 e. The number of nitrogens with one attached hydrogen (secondary N) is 2. The predicted octanol–water partition coefficient (Wildman–Crippen LogP) is 3.63. The van der Waals surface area contributed by atoms with E-state index in [-0.39, 0.29) is 22.3 Å². The number of aromatic amines is 1. The number of H-pyrrole nitrogens is 1. The first-order chi connectivity index (χ1) is 14.1. The normalized spacial score (nSPS) is 12.1. The molecule has 0 atom stereocenters. The van der Waals surface area contributed by atoms with Crippen molar-refractivity contribution in [3.63, 3.8) is 0 Å². The maximum absolute atomic E-state index is 13.0. The molecule has 0 aliphatic heterocycles. The van der Waals surface area contributed by atoms with Gasteiger partial charge in [-0.2, -0.15) is 5.10 Å². The maximum atomic E-state index is 13.0. The monoisotopic (exact) mass is 406 g/mol. The van der Waals surface area contributed by atoms with Crippen LogP contribution in [-0.4, -0.2) is 26.5 Å². The molecule has 0 bridgehead atoms. The Bertz CT molecular complexity index is 1160. The first kappa shape index (κ1) is 21.1. The Morgan fingerprint density at radius 1 is 1.10 bits per heavy atom. The Morgan fingerprint density at radius 2 is 1.73 bits per heavy atom. The molecule has 3 aromatic rings. The first-order valence-corrected chi connectivity index (χ1v) is 9.65. The molecule has 0 fully saturated rings. The lowest BCUT2D eigenvalue weighted by Gasteiger charge is -2.19. The highest BCUT2D eigenvalue weighted by atomic mass is 16.3. The smallest absolute Gasteiger partial charge is 0.280 e. The number of aromatic hydroxyl groups is 1. The lowest BCUT2D eigenvalue weighted by Crippen LogP contribution is -2.23. The number of phenolic OH excluding ortho intramolecular Hbond substituents is 1. The standard InChI is InChI=1S/C23H26N4O3/c1-14(24-25-21(29)18-8-6-7-9-19(18)28)20-15(2)26-27(22(20)30)17-12-10-16(11-13-17)23(3,4)5/h6-13,26,28H,1-5H3,(H,25,29)/b24-14-. The molecule has 0 saturated heterocycles. The molecular weight excluding hydrogens is 380 g/mol. The Kier molecular flexibility index (Phi) is 5.64. The van der Waals surface area contributed by atoms with Crippen molar-refractivity contribution in [1.82, 2.24) is 15.2 Å². The summed E-state index contributed by atoms with van der Waals surface area (Å²) >= 11 is 0. The number of benzene rings is 2. The van der Waals surface area contributed by atoms with Crippen molar-refractivity contribution in [1.29, 1.82) is 0 Å². The van der Waals surface area contributed by atoms with E-state index in [1.807, 2.05) is 24.3 Å². The summed E-state index contributed by atoms with van der Waals surface area (Å²) in [4.78, 5) is 25.2. The molecule has 3 rings (SSSR count). The van der Waals surface area contributed by atoms with Crippen molar-refractivity contribution in [3.05, 3.63) is 81.3 Å². The second-order valence-electron chi connectivity index (χ2n) is 8.20. The van der Waals surface area contributed by atoms with Crippen LogP contribution >= 0.6 is 0 Å². The van der Waals surface area contributed by atoms with Crippen molar-refractivity contribution in [3.8, 4) is 11.4 Å². The zero-order chi connectivity index (χ0) is 22.1. The van der Waals surface area contributed by atoms with E-state index in [9.17, 15) is 14.7 Å². The van der Waals surface area contributed by atoms with E-state index in [4.69, 9.17) is 0 Å². The lowest BCUT2D eigenvalue weighted by molar-refractivity contribution is 0.0952. The number of carbonyl (C=O) groups is 1. The second kappa shape index (κ2) is 8.02. The fourth-order valence-electron chi connectivity index (χ4n) is 3.18. The van der Waals surface area contributed by atoms with Gasteiger partial charge in [0.25, 0.3) is 11.5 Å². The third-order valence-electron chi connectivity index (χ3n) is 4.90. The average molecular weight is 406 g/mol. The molecule has 7 nitrogen and oxygen atoms in total. The van der Waals surface area contributed by atoms with Gasteiger partial charge in [-0.3, -0.25) is 14.7 Å². The third-order valence-corrected chi connectivity index (χ3v) is 4.90. The Hall–Kier alpha value is -3.61. The Labute approximate surface area is 175 Å². The summed E-state index contributed by atoms with van der Waals surface area (Å²) in [6, 6.07) is 14.0. The Balaban J connectivity index is 1.88. The molecule has 2 aromatic carbocycles. The number of para-hydroxylation sites is 1. The van der Waals surface area contributed by atoms with E-state index in [1.165, 1.54) is 22.4 Å². The molecule has 30 heavy (non-hydrogen) atoms. The molecule has 3 N–H and O–H groups in total. The van der Waals surface area contributed by atoms with E-state index >= 15 is 0 Å². The van der Waals surface area contributed by atoms with Crippen LogP contribution in [0.5, 0.6) is 5.75 Å². The molecule has 0 aliphatic rings. The van der Waals surface area contributed by atoms with Gasteiger partial charge in [-0.15, -0.1) is 0 Å². The minimum atomic E-state index is -0.557. The van der Waals surface area contributed by atoms with Gasteiger partial charge in [0.2, 0.25) is 0 Å². The molecule has 7 heteroatoms. The van der Waals surface area contributed by atoms with Crippen LogP contribution < -0.4 is 11.0 Å². The lowest BCUT2D eigenvalue weighted by atomic mass is 9.87. The molecule has 1 heterocycles. The molecule has 156 valence electrons. The fraction of sp³-hybridized carbons (Fsp3) is 0.261. The summed E-state index contributed by atoms with van der Waals surface area (Å²) in [6.07, 6.45) is 0. The molecular formula is C23H26N4O3. The zero-order valence-corrected chi connectivity index (χ0v) is 17.8. The van der Waals surface area contributed by atoms with Crippen LogP contribution in [0.1, 0.15) is 54.9 Å². The summed E-state index contributed by atoms with van der Waals surface area (Å²) in [7, 11) is 0. The number of phenols is 1. The average Bonchev–Trinajstić information content (AvgIpc) is 3.00. The largest absolute Gasteiger partial charge is 0.507 e. The van der Waals surface area contributed by atoms with E-state index in [1.54, 1.807) is 26.0 Å². The number of carbonyl (C=O) groups excluding carboxylic acids is 1. The predicted molar refractivity (Wildman–Crippen MR) is 118 cm³/mol. The number of aryl methyl sites for hydroxylation is 1. The van der Waals surface area contributed by atoms with E-state index < -0.39 is 5.91 Å². The fourth-order valence-corrected chi connectivity index (χ4v) is 3.18. The summed E-state index contributed by atoms with van der Waals surface area (Å²) in [5, 5.41) is 16.9. The van der Waals surface area contributed by atoms with Gasteiger partial charge in [0.05, 0.1) is 22.5 Å². The van der Waals surface area contributed by atoms with Crippen LogP contribution in [-0.2, 0) is 5.41 Å². The maximum Gasteiger partial charge on any atom is 0.280 e. The quantitative estimate of drug-likeness (QED) is 0.456. The number of hydrogen-bond acceptors (Lipinski definition) is 4. The van der Waals surface area contributed by atoms with Crippen LogP contribution in [0.3, 0.4) is 0 Å². The van der Waals surface area contributed by atoms with Gasteiger partial charge >= 0.3 is 0 Å². The van der Waals surface area contributed by atoms with E-state index in [2.05, 4.69) is 36.4 Å². The molecule has 0 radical (unpaired) electrons. The van der Waals surface area contributed by atoms with Crippen molar-refractivity contribution in [2.24, 2.45) is 5.10 Å². The van der Waals surface area contributed by atoms with Crippen LogP contribution in [0.4, 0.5) is 0 Å². The van der Waals surface area contributed by atoms with Crippen molar-refractivity contribution < 1.29 is 9.90 Å². The Morgan fingerprint density at radius 3 is 2.33 bits per heavy atom. The number of hydrogen-bond donors (Lipinski definition) is 3. The third kappa shape index (κ3) is 4.20. The van der Waals surface area contributed by atoms with Gasteiger partial charge in [-0.05, 0) is 49.1 Å². The minimum absolute atomic E-state index is 0.0228. The van der Waals surface area contributed by atoms with Crippen LogP contribution in [0.25, 0.3) is 5.69 Å². The second-order valence-corrected chi connectivity index (χ2v) is 8.20. The molecule has 0 spiro atoms. The molecule has 0 saturated carbocycles. The SMILES string of the molecule is C/C(=N/NC(=O)c1ccccc1O)c1c(C)[nH]n(-c2ccc(C(C)(C)C)cc2)c1=O. The van der Waals surface area contributed by atoms with Crippen molar-refractivity contribution in [2.75, 3.05) is 0 Å². The summed E-state index contributed by atoms with van der Waals surface area (Å²) in [5.74, 6) is -0.694. The number of nitrogens with zero attached hydrogens (tertiary/aromatic N) is 2. The first-order valence-electron chi connectivity index (χ1n) is 9.65. The zero-order valence-electron chi connectivity index (χ0n) is 17.8. The van der Waals surface area contributed by atoms with Gasteiger partial charge in [0.15, 0.2) is 0 Å². The molecule has 0 aliphatic carbocycles. The van der Waals surface area contributed by atoms with Gasteiger partial charge in [-0.1, -0.05) is 45.0 Å². The molecule has 1 aromatic heterocycles. The highest BCUT2D eigenvalue weighted by Crippen LogP contribution is 2.23. The number of aromatic nitrogens is 2. The summed E-state index contributed by atoms with van der Waals surface area (Å²) in [5.41, 5.74) is 5.54. The van der Waals surface area contributed by atoms with Crippen molar-refractivity contribution >= 4 is 11.6 Å². The number of rotatable bonds is 4. The van der Waals surface area contributed by atoms with Gasteiger partial charge < -0.3 is 5.11 Å². The topological polar surface area (TPSA) is 99.5 Å². The summed E-state index contributed by atoms with van der Waals surface area (Å²) in [6.45, 7) is 9.83. The van der Waals surface area contributed by atoms with Crippen LogP contribution in [0.2, 0.25) is 0 Å². The van der Waals surface area contributed by atoms with Gasteiger partial charge in [0.1, 0.15) is 5.75 Å². The van der Waals surface area contributed by atoms with E-state index in [0.717, 1.165) is 0 Å². The molecule has 0 unspecified atom stereocenters.